The number of pyridine rings is 1. The van der Waals surface area contributed by atoms with Crippen LogP contribution >= 0.6 is 0 Å². The second-order valence-corrected chi connectivity index (χ2v) is 21.4. The monoisotopic (exact) mass is 1030 g/mol. The molecule has 6 rings (SSSR count). The second kappa shape index (κ2) is 23.6. The van der Waals surface area contributed by atoms with Crippen molar-refractivity contribution in [2.45, 2.75) is 186 Å². The molecule has 4 saturated heterocycles. The Morgan fingerprint density at radius 2 is 1.67 bits per heavy atom. The topological polar surface area (TPSA) is 277 Å². The van der Waals surface area contributed by atoms with E-state index in [0.29, 0.717) is 17.8 Å². The van der Waals surface area contributed by atoms with E-state index >= 15 is 4.79 Å². The van der Waals surface area contributed by atoms with Gasteiger partial charge in [-0.15, -0.1) is 5.10 Å². The molecule has 0 spiro atoms. The van der Waals surface area contributed by atoms with E-state index in [0.717, 1.165) is 0 Å². The summed E-state index contributed by atoms with van der Waals surface area (Å²) in [6, 6.07) is 3.22. The lowest BCUT2D eigenvalue weighted by Crippen LogP contribution is -2.61. The first-order valence-corrected chi connectivity index (χ1v) is 25.4. The molecule has 19 atom stereocenters. The summed E-state index contributed by atoms with van der Waals surface area (Å²) in [7, 11) is 6.72. The molecule has 22 heteroatoms. The Kier molecular flexibility index (Phi) is 18.6. The van der Waals surface area contributed by atoms with Gasteiger partial charge in [0.2, 0.25) is 0 Å². The number of ether oxygens (including phenoxy) is 8. The minimum absolute atomic E-state index is 0.0326. The Balaban J connectivity index is 1.37. The standard InChI is InChI=1S/C51H79N7O15/c1-15-35-51(10)39(38(47(64)72-51)45(52)55-73-36(59)19-18-32-25-58(56-54-32)33-17-16-20-53-24-33)28(4)40(60)26(2)22-50(9,66-14)44(71-48-41(61)34(57(11)12)21-27(3)67-48)29(5)42(30(6)46(63)69-35)70-37-23-49(8,65-13)43(62)31(7)68-37/h16-17,20,24-31,34-35,37-39,41-44,48,61-62H,15,18-19,21-23H2,1-14H3,(H2,52,55)/t26-,27?,28-,29+,30-,31?,34?,35-,37?,38?,39?,41?,42+,43?,44-,48?,49?,50+,51-/m1/s1. The number of oxime groups is 1. The van der Waals surface area contributed by atoms with E-state index in [2.05, 4.69) is 20.5 Å². The van der Waals surface area contributed by atoms with Gasteiger partial charge in [0.05, 0.1) is 71.7 Å². The Labute approximate surface area is 428 Å². The molecule has 408 valence electrons. The first-order chi connectivity index (χ1) is 34.3. The fourth-order valence-corrected chi connectivity index (χ4v) is 11.6. The molecule has 10 unspecified atom stereocenters. The predicted molar refractivity (Wildman–Crippen MR) is 261 cm³/mol. The summed E-state index contributed by atoms with van der Waals surface area (Å²) in [6.07, 6.45) is -3.03. The zero-order valence-corrected chi connectivity index (χ0v) is 44.8. The summed E-state index contributed by atoms with van der Waals surface area (Å²) in [5, 5.41) is 35.1. The van der Waals surface area contributed by atoms with Gasteiger partial charge in [-0.25, -0.2) is 9.48 Å². The molecule has 6 heterocycles. The van der Waals surface area contributed by atoms with Crippen LogP contribution in [0.25, 0.3) is 5.69 Å². The van der Waals surface area contributed by atoms with Crippen LogP contribution in [0.15, 0.2) is 35.9 Å². The van der Waals surface area contributed by atoms with Crippen LogP contribution in [0.1, 0.15) is 107 Å². The molecule has 4 fully saturated rings. The van der Waals surface area contributed by atoms with Crippen molar-refractivity contribution in [1.29, 1.82) is 0 Å². The molecule has 0 bridgehead atoms. The number of hydrogen-bond acceptors (Lipinski definition) is 20. The van der Waals surface area contributed by atoms with E-state index in [1.165, 1.54) is 18.9 Å². The number of methoxy groups -OCH3 is 2. The highest BCUT2D eigenvalue weighted by molar-refractivity contribution is 6.03. The number of aliphatic hydroxyl groups excluding tert-OH is 2. The zero-order valence-electron chi connectivity index (χ0n) is 44.8. The van der Waals surface area contributed by atoms with Gasteiger partial charge in [-0.2, -0.15) is 0 Å². The maximum absolute atomic E-state index is 15.1. The van der Waals surface area contributed by atoms with E-state index < -0.39 is 125 Å². The smallest absolute Gasteiger partial charge is 0.335 e. The average molecular weight is 1030 g/mol. The largest absolute Gasteiger partial charge is 0.458 e. The molecule has 4 N–H and O–H groups in total. The van der Waals surface area contributed by atoms with E-state index in [1.54, 1.807) is 86.1 Å². The lowest BCUT2D eigenvalue weighted by Gasteiger charge is -2.50. The van der Waals surface area contributed by atoms with Crippen molar-refractivity contribution in [2.75, 3.05) is 28.3 Å². The summed E-state index contributed by atoms with van der Waals surface area (Å²) < 4.78 is 52.8. The highest BCUT2D eigenvalue weighted by Crippen LogP contribution is 2.49. The van der Waals surface area contributed by atoms with Gasteiger partial charge in [0.25, 0.3) is 0 Å². The number of carbonyl (C=O) groups is 4. The van der Waals surface area contributed by atoms with Gasteiger partial charge in [-0.1, -0.05) is 38.1 Å². The Morgan fingerprint density at radius 3 is 2.30 bits per heavy atom. The van der Waals surface area contributed by atoms with Gasteiger partial charge in [0.15, 0.2) is 24.0 Å². The lowest BCUT2D eigenvalue weighted by atomic mass is 9.67. The highest BCUT2D eigenvalue weighted by atomic mass is 16.7. The summed E-state index contributed by atoms with van der Waals surface area (Å²) in [5.41, 5.74) is 3.64. The van der Waals surface area contributed by atoms with Crippen molar-refractivity contribution >= 4 is 29.5 Å². The van der Waals surface area contributed by atoms with Crippen molar-refractivity contribution < 1.29 is 72.1 Å². The number of cyclic esters (lactones) is 1. The van der Waals surface area contributed by atoms with E-state index in [1.807, 2.05) is 32.8 Å². The van der Waals surface area contributed by atoms with Crippen molar-refractivity contribution in [1.82, 2.24) is 24.9 Å². The number of carbonyl (C=O) groups excluding carboxylic acids is 4. The number of rotatable bonds is 14. The van der Waals surface area contributed by atoms with Crippen LogP contribution in [0.3, 0.4) is 0 Å². The number of ketones is 1. The van der Waals surface area contributed by atoms with Gasteiger partial charge in [0.1, 0.15) is 30.0 Å². The third kappa shape index (κ3) is 12.3. The van der Waals surface area contributed by atoms with Crippen molar-refractivity contribution in [3.05, 3.63) is 36.4 Å². The van der Waals surface area contributed by atoms with Crippen LogP contribution in [0.4, 0.5) is 0 Å². The van der Waals surface area contributed by atoms with Gasteiger partial charge in [-0.3, -0.25) is 19.4 Å². The number of amidine groups is 1. The SMILES string of the molecule is CC[C@H]1OC(=O)[C@H](C)[C@@H](OC2CC(C)(OC)C(O)C(C)O2)[C@H](C)[C@@H](OC2OC(C)CC(N(C)C)C2O)[C@@](C)(OC)C[C@@H](C)C(=O)[C@H](C)C2C(/C(N)=N\OC(=O)CCc3cn(-c4cccnc4)nn3)C(=O)O[C@@]21C. The third-order valence-electron chi connectivity index (χ3n) is 15.9. The number of esters is 2. The summed E-state index contributed by atoms with van der Waals surface area (Å²) in [6.45, 7) is 17.4. The van der Waals surface area contributed by atoms with E-state index in [4.69, 9.17) is 48.5 Å². The number of aromatic nitrogens is 4. The first kappa shape index (κ1) is 57.8. The van der Waals surface area contributed by atoms with Gasteiger partial charge in [-0.05, 0) is 87.0 Å². The normalized spacial score (nSPS) is 40.1. The number of aryl methyl sites for hydroxylation is 1. The number of likely N-dealkylation sites (N-methyl/N-ethyl adjacent to an activating group) is 1. The number of nitrogens with two attached hydrogens (primary N) is 1. The van der Waals surface area contributed by atoms with Crippen LogP contribution in [0, 0.1) is 35.5 Å². The fourth-order valence-electron chi connectivity index (χ4n) is 11.6. The Morgan fingerprint density at radius 1 is 0.973 bits per heavy atom. The number of Topliss-reactive ketones (excluding diaryl/α,β-unsaturated/α-hetero) is 1. The summed E-state index contributed by atoms with van der Waals surface area (Å²) >= 11 is 0. The molecule has 4 aliphatic rings. The van der Waals surface area contributed by atoms with Gasteiger partial charge < -0.3 is 63.6 Å². The molecule has 0 aromatic carbocycles. The summed E-state index contributed by atoms with van der Waals surface area (Å²) in [4.78, 5) is 68.7. The lowest BCUT2D eigenvalue weighted by molar-refractivity contribution is -0.319. The van der Waals surface area contributed by atoms with Crippen LogP contribution < -0.4 is 5.73 Å². The molecule has 2 aromatic rings. The van der Waals surface area contributed by atoms with Crippen molar-refractivity contribution in [2.24, 2.45) is 46.4 Å². The van der Waals surface area contributed by atoms with Crippen molar-refractivity contribution in [3.63, 3.8) is 0 Å². The molecule has 2 aromatic heterocycles. The molecule has 4 aliphatic heterocycles. The summed E-state index contributed by atoms with van der Waals surface area (Å²) in [5.74, 6) is -9.32. The number of aliphatic hydroxyl groups is 2. The molecule has 0 aliphatic carbocycles. The van der Waals surface area contributed by atoms with Crippen LogP contribution in [0.2, 0.25) is 0 Å². The van der Waals surface area contributed by atoms with Crippen LogP contribution in [-0.2, 0) is 68.3 Å². The minimum Gasteiger partial charge on any atom is -0.458 e. The molecule has 0 radical (unpaired) electrons. The first-order valence-electron chi connectivity index (χ1n) is 25.4. The van der Waals surface area contributed by atoms with Gasteiger partial charge >= 0.3 is 17.9 Å². The maximum atomic E-state index is 15.1. The molecule has 0 amide bonds. The second-order valence-electron chi connectivity index (χ2n) is 21.4. The van der Waals surface area contributed by atoms with Gasteiger partial charge in [0, 0.05) is 63.0 Å². The predicted octanol–water partition coefficient (Wildman–Crippen LogP) is 3.30. The molecular formula is C51H79N7O15. The number of fused-ring (bicyclic) bond motifs is 1. The Bertz CT molecular complexity index is 2250. The third-order valence-corrected chi connectivity index (χ3v) is 15.9. The molecule has 22 nitrogen and oxygen atoms in total. The average Bonchev–Trinajstić information content (AvgIpc) is 3.95. The maximum Gasteiger partial charge on any atom is 0.335 e. The minimum atomic E-state index is -1.67. The molecular weight excluding hydrogens is 951 g/mol. The van der Waals surface area contributed by atoms with Crippen LogP contribution in [0.5, 0.6) is 0 Å². The number of hydrogen-bond donors (Lipinski definition) is 3. The quantitative estimate of drug-likeness (QED) is 0.0805. The molecule has 0 saturated carbocycles. The van der Waals surface area contributed by atoms with Crippen molar-refractivity contribution in [3.8, 4) is 5.69 Å². The zero-order chi connectivity index (χ0) is 53.9. The van der Waals surface area contributed by atoms with E-state index in [9.17, 15) is 24.6 Å². The van der Waals surface area contributed by atoms with E-state index in [-0.39, 0.29) is 50.0 Å². The highest BCUT2D eigenvalue weighted by Gasteiger charge is 2.63. The fraction of sp³-hybridized carbons (Fsp3) is 0.765. The molecule has 73 heavy (non-hydrogen) atoms. The van der Waals surface area contributed by atoms with Crippen LogP contribution in [-0.4, -0.2) is 171 Å². The Hall–Kier alpha value is -4.52. The number of nitrogens with zero attached hydrogens (tertiary/aromatic N) is 6.